The van der Waals surface area contributed by atoms with Gasteiger partial charge >= 0.3 is 0 Å². The van der Waals surface area contributed by atoms with Crippen LogP contribution in [0.2, 0.25) is 0 Å². The summed E-state index contributed by atoms with van der Waals surface area (Å²) in [5.41, 5.74) is 0.797. The minimum Gasteiger partial charge on any atom is -0.493 e. The Balaban J connectivity index is 1.66. The van der Waals surface area contributed by atoms with Gasteiger partial charge in [0.25, 0.3) is 5.91 Å². The molecule has 2 heterocycles. The van der Waals surface area contributed by atoms with Crippen LogP contribution in [-0.4, -0.2) is 73.6 Å². The number of thiocarbonyl (C=S) groups is 1. The quantitative estimate of drug-likeness (QED) is 0.508. The first-order valence-corrected chi connectivity index (χ1v) is 10.1. The van der Waals surface area contributed by atoms with E-state index in [4.69, 9.17) is 26.4 Å². The van der Waals surface area contributed by atoms with E-state index in [1.165, 1.54) is 11.8 Å². The first-order valence-electron chi connectivity index (χ1n) is 8.90. The van der Waals surface area contributed by atoms with E-state index in [2.05, 4.69) is 4.90 Å². The van der Waals surface area contributed by atoms with Crippen LogP contribution in [0.15, 0.2) is 23.1 Å². The second-order valence-corrected chi connectivity index (χ2v) is 7.90. The summed E-state index contributed by atoms with van der Waals surface area (Å²) in [6, 6.07) is 5.59. The van der Waals surface area contributed by atoms with Gasteiger partial charge < -0.3 is 14.2 Å². The number of ether oxygens (including phenoxy) is 3. The molecule has 2 aliphatic heterocycles. The van der Waals surface area contributed by atoms with Crippen molar-refractivity contribution in [3.8, 4) is 11.5 Å². The summed E-state index contributed by atoms with van der Waals surface area (Å²) in [5, 5.41) is 0. The minimum atomic E-state index is -0.0446. The van der Waals surface area contributed by atoms with Crippen LogP contribution in [0.25, 0.3) is 6.08 Å². The van der Waals surface area contributed by atoms with Crippen molar-refractivity contribution in [3.63, 3.8) is 0 Å². The van der Waals surface area contributed by atoms with Gasteiger partial charge in [-0.25, -0.2) is 0 Å². The monoisotopic (exact) mass is 408 g/mol. The maximum absolute atomic E-state index is 12.8. The van der Waals surface area contributed by atoms with Crippen molar-refractivity contribution in [1.82, 2.24) is 9.80 Å². The second kappa shape index (κ2) is 9.54. The summed E-state index contributed by atoms with van der Waals surface area (Å²) in [4.78, 5) is 17.5. The van der Waals surface area contributed by atoms with Crippen molar-refractivity contribution < 1.29 is 19.0 Å². The molecule has 0 radical (unpaired) electrons. The molecule has 3 rings (SSSR count). The van der Waals surface area contributed by atoms with Gasteiger partial charge in [-0.05, 0) is 18.6 Å². The third kappa shape index (κ3) is 4.82. The van der Waals surface area contributed by atoms with Crippen molar-refractivity contribution in [1.29, 1.82) is 0 Å². The molecule has 2 saturated heterocycles. The molecule has 1 aromatic carbocycles. The van der Waals surface area contributed by atoms with Crippen molar-refractivity contribution in [3.05, 3.63) is 28.7 Å². The topological polar surface area (TPSA) is 51.2 Å². The minimum absolute atomic E-state index is 0.0446. The Labute approximate surface area is 169 Å². The summed E-state index contributed by atoms with van der Waals surface area (Å²) >= 11 is 6.76. The van der Waals surface area contributed by atoms with Crippen molar-refractivity contribution in [2.45, 2.75) is 6.42 Å². The molecule has 0 unspecified atom stereocenters. The molecule has 1 amide bonds. The summed E-state index contributed by atoms with van der Waals surface area (Å²) in [6.45, 7) is 5.05. The molecule has 8 heteroatoms. The average molecular weight is 409 g/mol. The molecular weight excluding hydrogens is 384 g/mol. The highest BCUT2D eigenvalue weighted by molar-refractivity contribution is 8.26. The van der Waals surface area contributed by atoms with Crippen molar-refractivity contribution >= 4 is 40.3 Å². The van der Waals surface area contributed by atoms with E-state index in [0.717, 1.165) is 44.8 Å². The number of hydrogen-bond donors (Lipinski definition) is 0. The number of carbonyl (C=O) groups excluding carboxylic acids is 1. The van der Waals surface area contributed by atoms with Gasteiger partial charge in [0.15, 0.2) is 11.5 Å². The van der Waals surface area contributed by atoms with Crippen LogP contribution in [0.3, 0.4) is 0 Å². The van der Waals surface area contributed by atoms with E-state index in [1.807, 2.05) is 24.3 Å². The molecule has 27 heavy (non-hydrogen) atoms. The van der Waals surface area contributed by atoms with E-state index in [1.54, 1.807) is 19.1 Å². The number of rotatable bonds is 7. The number of hydrogen-bond acceptors (Lipinski definition) is 7. The van der Waals surface area contributed by atoms with Gasteiger partial charge in [0.05, 0.1) is 32.3 Å². The number of para-hydroxylation sites is 1. The van der Waals surface area contributed by atoms with Crippen molar-refractivity contribution in [2.75, 3.05) is 53.6 Å². The van der Waals surface area contributed by atoms with Crippen LogP contribution in [0, 0.1) is 0 Å². The molecule has 0 saturated carbocycles. The Kier molecular flexibility index (Phi) is 7.12. The van der Waals surface area contributed by atoms with Gasteiger partial charge in [-0.1, -0.05) is 36.1 Å². The Morgan fingerprint density at radius 3 is 2.70 bits per heavy atom. The maximum atomic E-state index is 12.8. The zero-order chi connectivity index (χ0) is 19.2. The number of nitrogens with zero attached hydrogens (tertiary/aromatic N) is 2. The van der Waals surface area contributed by atoms with Gasteiger partial charge in [0.1, 0.15) is 4.32 Å². The first-order chi connectivity index (χ1) is 13.1. The molecule has 146 valence electrons. The number of benzene rings is 1. The van der Waals surface area contributed by atoms with Crippen LogP contribution < -0.4 is 9.47 Å². The Morgan fingerprint density at radius 2 is 2.00 bits per heavy atom. The molecule has 0 aromatic heterocycles. The fraction of sp³-hybridized carbons (Fsp3) is 0.474. The average Bonchev–Trinajstić information content (AvgIpc) is 2.96. The number of amides is 1. The van der Waals surface area contributed by atoms with Gasteiger partial charge in [-0.2, -0.15) is 0 Å². The largest absolute Gasteiger partial charge is 0.493 e. The third-order valence-corrected chi connectivity index (χ3v) is 5.93. The van der Waals surface area contributed by atoms with E-state index >= 15 is 0 Å². The summed E-state index contributed by atoms with van der Waals surface area (Å²) in [6.07, 6.45) is 2.71. The maximum Gasteiger partial charge on any atom is 0.266 e. The van der Waals surface area contributed by atoms with Gasteiger partial charge in [0.2, 0.25) is 0 Å². The highest BCUT2D eigenvalue weighted by atomic mass is 32.2. The highest BCUT2D eigenvalue weighted by Crippen LogP contribution is 2.37. The van der Waals surface area contributed by atoms with Crippen molar-refractivity contribution in [2.24, 2.45) is 0 Å². The smallest absolute Gasteiger partial charge is 0.266 e. The zero-order valence-electron chi connectivity index (χ0n) is 15.6. The summed E-state index contributed by atoms with van der Waals surface area (Å²) < 4.78 is 16.7. The molecule has 0 spiro atoms. The van der Waals surface area contributed by atoms with Crippen LogP contribution in [-0.2, 0) is 9.53 Å². The van der Waals surface area contributed by atoms with E-state index in [0.29, 0.717) is 27.3 Å². The van der Waals surface area contributed by atoms with Crippen LogP contribution in [0.5, 0.6) is 11.5 Å². The molecule has 0 aliphatic carbocycles. The van der Waals surface area contributed by atoms with Crippen LogP contribution in [0.4, 0.5) is 0 Å². The summed E-state index contributed by atoms with van der Waals surface area (Å²) in [5.74, 6) is 1.20. The lowest BCUT2D eigenvalue weighted by atomic mass is 10.1. The number of morpholine rings is 1. The molecule has 0 N–H and O–H groups in total. The van der Waals surface area contributed by atoms with Gasteiger partial charge in [0, 0.05) is 31.7 Å². The molecular formula is C19H24N2O4S2. The SMILES string of the molecule is COc1cccc(C=C2SC(=S)N(CCCN3CCOCC3)C2=O)c1OC. The van der Waals surface area contributed by atoms with E-state index in [-0.39, 0.29) is 5.91 Å². The fourth-order valence-electron chi connectivity index (χ4n) is 3.14. The normalized spacial score (nSPS) is 19.8. The van der Waals surface area contributed by atoms with Gasteiger partial charge in [-0.3, -0.25) is 14.6 Å². The molecule has 1 aromatic rings. The predicted molar refractivity (Wildman–Crippen MR) is 111 cm³/mol. The molecule has 0 bridgehead atoms. The highest BCUT2D eigenvalue weighted by Gasteiger charge is 2.32. The number of carbonyl (C=O) groups is 1. The lowest BCUT2D eigenvalue weighted by molar-refractivity contribution is -0.122. The van der Waals surface area contributed by atoms with Crippen LogP contribution in [0.1, 0.15) is 12.0 Å². The van der Waals surface area contributed by atoms with Gasteiger partial charge in [-0.15, -0.1) is 0 Å². The molecule has 0 atom stereocenters. The molecule has 6 nitrogen and oxygen atoms in total. The summed E-state index contributed by atoms with van der Waals surface area (Å²) in [7, 11) is 3.18. The second-order valence-electron chi connectivity index (χ2n) is 6.22. The zero-order valence-corrected chi connectivity index (χ0v) is 17.2. The Bertz CT molecular complexity index is 732. The fourth-order valence-corrected chi connectivity index (χ4v) is 4.44. The first kappa shape index (κ1) is 20.1. The lowest BCUT2D eigenvalue weighted by Gasteiger charge is -2.27. The lowest BCUT2D eigenvalue weighted by Crippen LogP contribution is -2.38. The number of methoxy groups -OCH3 is 2. The van der Waals surface area contributed by atoms with Crippen LogP contribution >= 0.6 is 24.0 Å². The molecule has 2 fully saturated rings. The third-order valence-electron chi connectivity index (χ3n) is 4.55. The standard InChI is InChI=1S/C19H24N2O4S2/c1-23-15-6-3-5-14(17(15)24-2)13-16-18(22)21(19(26)27-16)8-4-7-20-9-11-25-12-10-20/h3,5-6,13H,4,7-12H2,1-2H3. The Morgan fingerprint density at radius 1 is 1.22 bits per heavy atom. The van der Waals surface area contributed by atoms with E-state index in [9.17, 15) is 4.79 Å². The Hall–Kier alpha value is -1.61. The van der Waals surface area contributed by atoms with E-state index < -0.39 is 0 Å². The predicted octanol–water partition coefficient (Wildman–Crippen LogP) is 2.63. The number of thioether (sulfide) groups is 1. The molecule has 2 aliphatic rings.